The molecule has 1 heterocycles. The topological polar surface area (TPSA) is 23.6 Å². The van der Waals surface area contributed by atoms with E-state index in [9.17, 15) is 4.79 Å². The van der Waals surface area contributed by atoms with Gasteiger partial charge in [0.15, 0.2) is 0 Å². The van der Waals surface area contributed by atoms with Crippen molar-refractivity contribution in [3.63, 3.8) is 0 Å². The van der Waals surface area contributed by atoms with Gasteiger partial charge in [0.2, 0.25) is 5.91 Å². The number of rotatable bonds is 5. The Labute approximate surface area is 97.4 Å². The van der Waals surface area contributed by atoms with E-state index in [0.29, 0.717) is 18.2 Å². The van der Waals surface area contributed by atoms with Crippen LogP contribution in [0.1, 0.15) is 26.2 Å². The molecular weight excluding hydrogens is 212 g/mol. The van der Waals surface area contributed by atoms with Gasteiger partial charge < -0.3 is 4.90 Å². The van der Waals surface area contributed by atoms with Crippen LogP contribution in [0.15, 0.2) is 0 Å². The zero-order valence-corrected chi connectivity index (χ0v) is 10.3. The van der Waals surface area contributed by atoms with E-state index in [0.717, 1.165) is 45.6 Å². The van der Waals surface area contributed by atoms with E-state index >= 15 is 0 Å². The van der Waals surface area contributed by atoms with Crippen molar-refractivity contribution in [3.8, 4) is 0 Å². The molecule has 88 valence electrons. The van der Waals surface area contributed by atoms with Gasteiger partial charge in [-0.25, -0.2) is 0 Å². The maximum Gasteiger partial charge on any atom is 0.222 e. The van der Waals surface area contributed by atoms with Crippen molar-refractivity contribution in [1.82, 2.24) is 9.80 Å². The van der Waals surface area contributed by atoms with Crippen LogP contribution >= 0.6 is 11.6 Å². The van der Waals surface area contributed by atoms with Crippen LogP contribution < -0.4 is 0 Å². The average Bonchev–Trinajstić information content (AvgIpc) is 2.27. The number of halogens is 1. The summed E-state index contributed by atoms with van der Waals surface area (Å²) in [5, 5.41) is 0. The molecule has 3 nitrogen and oxygen atoms in total. The van der Waals surface area contributed by atoms with Gasteiger partial charge in [-0.2, -0.15) is 0 Å². The molecule has 1 rings (SSSR count). The lowest BCUT2D eigenvalue weighted by Gasteiger charge is -2.34. The van der Waals surface area contributed by atoms with E-state index in [-0.39, 0.29) is 0 Å². The first kappa shape index (κ1) is 12.8. The molecule has 4 heteroatoms. The smallest absolute Gasteiger partial charge is 0.222 e. The zero-order chi connectivity index (χ0) is 11.1. The van der Waals surface area contributed by atoms with Crippen molar-refractivity contribution in [2.45, 2.75) is 26.2 Å². The van der Waals surface area contributed by atoms with Gasteiger partial charge in [0.25, 0.3) is 0 Å². The second kappa shape index (κ2) is 7.07. The van der Waals surface area contributed by atoms with Crippen molar-refractivity contribution in [2.24, 2.45) is 0 Å². The molecule has 0 aromatic heterocycles. The summed E-state index contributed by atoms with van der Waals surface area (Å²) in [5.41, 5.74) is 0. The number of carbonyl (C=O) groups is 1. The van der Waals surface area contributed by atoms with Crippen LogP contribution in [0.5, 0.6) is 0 Å². The fourth-order valence-electron chi connectivity index (χ4n) is 1.83. The summed E-state index contributed by atoms with van der Waals surface area (Å²) in [4.78, 5) is 16.0. The van der Waals surface area contributed by atoms with Crippen molar-refractivity contribution in [1.29, 1.82) is 0 Å². The maximum absolute atomic E-state index is 11.7. The van der Waals surface area contributed by atoms with Gasteiger partial charge >= 0.3 is 0 Å². The van der Waals surface area contributed by atoms with Crippen LogP contribution in [-0.4, -0.2) is 54.3 Å². The number of alkyl halides is 1. The molecule has 0 bridgehead atoms. The van der Waals surface area contributed by atoms with Gasteiger partial charge in [0.05, 0.1) is 0 Å². The first-order valence-corrected chi connectivity index (χ1v) is 6.37. The molecule has 0 saturated carbocycles. The lowest BCUT2D eigenvalue weighted by atomic mass is 10.2. The van der Waals surface area contributed by atoms with Gasteiger partial charge in [-0.05, 0) is 6.42 Å². The summed E-state index contributed by atoms with van der Waals surface area (Å²) in [6.07, 6.45) is 2.82. The minimum Gasteiger partial charge on any atom is -0.340 e. The summed E-state index contributed by atoms with van der Waals surface area (Å²) < 4.78 is 0. The zero-order valence-electron chi connectivity index (χ0n) is 9.54. The summed E-state index contributed by atoms with van der Waals surface area (Å²) in [6.45, 7) is 6.76. The number of hydrogen-bond acceptors (Lipinski definition) is 2. The van der Waals surface area contributed by atoms with Crippen LogP contribution in [0.2, 0.25) is 0 Å². The summed E-state index contributed by atoms with van der Waals surface area (Å²) >= 11 is 5.68. The molecular formula is C11H21ClN2O. The summed E-state index contributed by atoms with van der Waals surface area (Å²) in [7, 11) is 0. The van der Waals surface area contributed by atoms with Crippen LogP contribution in [0.4, 0.5) is 0 Å². The second-order valence-corrected chi connectivity index (χ2v) is 4.39. The minimum atomic E-state index is 0.322. The standard InChI is InChI=1S/C11H21ClN2O/c1-2-3-4-11(15)14-9-7-13(6-5-12)8-10-14/h2-10H2,1H3. The first-order chi connectivity index (χ1) is 7.27. The average molecular weight is 233 g/mol. The molecule has 0 aliphatic carbocycles. The Bertz CT molecular complexity index is 191. The third kappa shape index (κ3) is 4.39. The SMILES string of the molecule is CCCCC(=O)N1CCN(CCCl)CC1. The Morgan fingerprint density at radius 1 is 1.27 bits per heavy atom. The van der Waals surface area contributed by atoms with Crippen LogP contribution in [-0.2, 0) is 4.79 Å². The predicted molar refractivity (Wildman–Crippen MR) is 63.3 cm³/mol. The van der Waals surface area contributed by atoms with E-state index in [1.807, 2.05) is 4.90 Å². The van der Waals surface area contributed by atoms with Gasteiger partial charge in [-0.1, -0.05) is 13.3 Å². The molecule has 0 N–H and O–H groups in total. The summed E-state index contributed by atoms with van der Waals surface area (Å²) in [5.74, 6) is 1.01. The largest absolute Gasteiger partial charge is 0.340 e. The third-order valence-corrected chi connectivity index (χ3v) is 3.04. The number of amides is 1. The number of hydrogen-bond donors (Lipinski definition) is 0. The first-order valence-electron chi connectivity index (χ1n) is 5.84. The number of carbonyl (C=O) groups excluding carboxylic acids is 1. The fourth-order valence-corrected chi connectivity index (χ4v) is 2.07. The van der Waals surface area contributed by atoms with E-state index in [1.165, 1.54) is 0 Å². The van der Waals surface area contributed by atoms with E-state index in [2.05, 4.69) is 11.8 Å². The van der Waals surface area contributed by atoms with E-state index < -0.39 is 0 Å². The van der Waals surface area contributed by atoms with E-state index in [4.69, 9.17) is 11.6 Å². The molecule has 1 saturated heterocycles. The monoisotopic (exact) mass is 232 g/mol. The predicted octanol–water partition coefficient (Wildman–Crippen LogP) is 1.56. The maximum atomic E-state index is 11.7. The number of piperazine rings is 1. The van der Waals surface area contributed by atoms with Crippen LogP contribution in [0.25, 0.3) is 0 Å². The Hall–Kier alpha value is -0.280. The number of nitrogens with zero attached hydrogens (tertiary/aromatic N) is 2. The highest BCUT2D eigenvalue weighted by Gasteiger charge is 2.19. The lowest BCUT2D eigenvalue weighted by molar-refractivity contribution is -0.133. The van der Waals surface area contributed by atoms with E-state index in [1.54, 1.807) is 0 Å². The normalized spacial score (nSPS) is 18.1. The summed E-state index contributed by atoms with van der Waals surface area (Å²) in [6, 6.07) is 0. The highest BCUT2D eigenvalue weighted by Crippen LogP contribution is 2.06. The second-order valence-electron chi connectivity index (χ2n) is 4.01. The molecule has 1 aliphatic heterocycles. The molecule has 0 spiro atoms. The molecule has 1 fully saturated rings. The fraction of sp³-hybridized carbons (Fsp3) is 0.909. The minimum absolute atomic E-state index is 0.322. The Morgan fingerprint density at radius 3 is 2.47 bits per heavy atom. The van der Waals surface area contributed by atoms with Crippen LogP contribution in [0.3, 0.4) is 0 Å². The highest BCUT2D eigenvalue weighted by molar-refractivity contribution is 6.18. The van der Waals surface area contributed by atoms with Crippen LogP contribution in [0, 0.1) is 0 Å². The lowest BCUT2D eigenvalue weighted by Crippen LogP contribution is -2.49. The van der Waals surface area contributed by atoms with Gasteiger partial charge in [-0.3, -0.25) is 9.69 Å². The molecule has 0 aromatic rings. The highest BCUT2D eigenvalue weighted by atomic mass is 35.5. The Kier molecular flexibility index (Phi) is 6.03. The molecule has 1 amide bonds. The molecule has 15 heavy (non-hydrogen) atoms. The van der Waals surface area contributed by atoms with Gasteiger partial charge in [-0.15, -0.1) is 11.6 Å². The quantitative estimate of drug-likeness (QED) is 0.672. The molecule has 1 aliphatic rings. The Morgan fingerprint density at radius 2 is 1.93 bits per heavy atom. The molecule has 0 radical (unpaired) electrons. The molecule has 0 atom stereocenters. The molecule has 0 aromatic carbocycles. The van der Waals surface area contributed by atoms with Crippen molar-refractivity contribution >= 4 is 17.5 Å². The van der Waals surface area contributed by atoms with Gasteiger partial charge in [0, 0.05) is 45.0 Å². The third-order valence-electron chi connectivity index (χ3n) is 2.87. The van der Waals surface area contributed by atoms with Crippen molar-refractivity contribution in [3.05, 3.63) is 0 Å². The Balaban J connectivity index is 2.21. The van der Waals surface area contributed by atoms with Crippen molar-refractivity contribution in [2.75, 3.05) is 38.6 Å². The van der Waals surface area contributed by atoms with Crippen molar-refractivity contribution < 1.29 is 4.79 Å². The van der Waals surface area contributed by atoms with Gasteiger partial charge in [0.1, 0.15) is 0 Å². The number of unbranched alkanes of at least 4 members (excludes halogenated alkanes) is 1. The molecule has 0 unspecified atom stereocenters.